The number of aldehydes is 1. The molecule has 0 bridgehead atoms. The highest BCUT2D eigenvalue weighted by molar-refractivity contribution is 6.31. The fourth-order valence-electron chi connectivity index (χ4n) is 2.06. The van der Waals surface area contributed by atoms with E-state index in [-0.39, 0.29) is 6.29 Å². The average Bonchev–Trinajstić information content (AvgIpc) is 2.47. The third-order valence-corrected chi connectivity index (χ3v) is 3.56. The Bertz CT molecular complexity index is 438. The van der Waals surface area contributed by atoms with Gasteiger partial charge in [0.25, 0.3) is 0 Å². The SMILES string of the molecule is CCC[C@H]1OCC(OCc2ccccc2Cl)C(C=O)O1. The number of rotatable bonds is 6. The molecule has 5 heteroatoms. The molecule has 20 heavy (non-hydrogen) atoms. The Kier molecular flexibility index (Phi) is 5.98. The second-order valence-electron chi connectivity index (χ2n) is 4.73. The molecule has 0 aliphatic carbocycles. The van der Waals surface area contributed by atoms with E-state index in [4.69, 9.17) is 25.8 Å². The van der Waals surface area contributed by atoms with Gasteiger partial charge in [-0.3, -0.25) is 0 Å². The third kappa shape index (κ3) is 4.03. The molecule has 0 N–H and O–H groups in total. The first-order valence-electron chi connectivity index (χ1n) is 6.82. The molecule has 1 saturated heterocycles. The smallest absolute Gasteiger partial charge is 0.158 e. The molecule has 110 valence electrons. The standard InChI is InChI=1S/C15H19ClO4/c1-2-5-15-19-10-14(13(8-17)20-15)18-9-11-6-3-4-7-12(11)16/h3-4,6-8,13-15H,2,5,9-10H2,1H3/t13?,14?,15-/m0/s1. The van der Waals surface area contributed by atoms with Gasteiger partial charge in [0.2, 0.25) is 0 Å². The zero-order valence-corrected chi connectivity index (χ0v) is 12.2. The van der Waals surface area contributed by atoms with Crippen LogP contribution in [-0.4, -0.2) is 31.4 Å². The summed E-state index contributed by atoms with van der Waals surface area (Å²) in [6.07, 6.45) is 1.22. The van der Waals surface area contributed by atoms with Crippen molar-refractivity contribution < 1.29 is 19.0 Å². The summed E-state index contributed by atoms with van der Waals surface area (Å²) in [5, 5.41) is 0.650. The van der Waals surface area contributed by atoms with Crippen molar-refractivity contribution in [3.05, 3.63) is 34.9 Å². The molecule has 1 heterocycles. The number of halogens is 1. The molecule has 1 aromatic carbocycles. The van der Waals surface area contributed by atoms with E-state index in [1.165, 1.54) is 0 Å². The minimum Gasteiger partial charge on any atom is -0.368 e. The van der Waals surface area contributed by atoms with E-state index in [0.29, 0.717) is 18.2 Å². The highest BCUT2D eigenvalue weighted by Gasteiger charge is 2.32. The van der Waals surface area contributed by atoms with Crippen LogP contribution in [0.4, 0.5) is 0 Å². The molecule has 0 spiro atoms. The Hall–Kier alpha value is -0.940. The van der Waals surface area contributed by atoms with Crippen molar-refractivity contribution in [2.75, 3.05) is 6.61 Å². The molecule has 4 nitrogen and oxygen atoms in total. The van der Waals surface area contributed by atoms with Gasteiger partial charge in [0.15, 0.2) is 12.6 Å². The molecule has 2 unspecified atom stereocenters. The molecular formula is C15H19ClO4. The first kappa shape index (κ1) is 15.4. The lowest BCUT2D eigenvalue weighted by Gasteiger charge is -2.33. The van der Waals surface area contributed by atoms with E-state index in [1.807, 2.05) is 31.2 Å². The van der Waals surface area contributed by atoms with Crippen molar-refractivity contribution in [2.24, 2.45) is 0 Å². The van der Waals surface area contributed by atoms with Gasteiger partial charge >= 0.3 is 0 Å². The van der Waals surface area contributed by atoms with E-state index in [2.05, 4.69) is 0 Å². The van der Waals surface area contributed by atoms with Gasteiger partial charge in [-0.25, -0.2) is 0 Å². The molecule has 1 aliphatic heterocycles. The summed E-state index contributed by atoms with van der Waals surface area (Å²) < 4.78 is 16.8. The topological polar surface area (TPSA) is 44.8 Å². The van der Waals surface area contributed by atoms with Gasteiger partial charge in [0.05, 0.1) is 13.2 Å². The predicted molar refractivity (Wildman–Crippen MR) is 75.6 cm³/mol. The number of benzene rings is 1. The van der Waals surface area contributed by atoms with Crippen molar-refractivity contribution in [1.29, 1.82) is 0 Å². The van der Waals surface area contributed by atoms with E-state index >= 15 is 0 Å². The maximum absolute atomic E-state index is 11.1. The van der Waals surface area contributed by atoms with Crippen molar-refractivity contribution in [3.63, 3.8) is 0 Å². The quantitative estimate of drug-likeness (QED) is 0.758. The summed E-state index contributed by atoms with van der Waals surface area (Å²) in [6.45, 7) is 2.74. The fraction of sp³-hybridized carbons (Fsp3) is 0.533. The molecule has 0 aromatic heterocycles. The molecule has 1 fully saturated rings. The minimum atomic E-state index is -0.581. The lowest BCUT2D eigenvalue weighted by atomic mass is 10.2. The number of hydrogen-bond donors (Lipinski definition) is 0. The summed E-state index contributed by atoms with van der Waals surface area (Å²) in [6, 6.07) is 7.46. The van der Waals surface area contributed by atoms with Crippen LogP contribution in [0.3, 0.4) is 0 Å². The van der Waals surface area contributed by atoms with Crippen LogP contribution in [0.15, 0.2) is 24.3 Å². The highest BCUT2D eigenvalue weighted by atomic mass is 35.5. The summed E-state index contributed by atoms with van der Waals surface area (Å²) >= 11 is 6.06. The van der Waals surface area contributed by atoms with Crippen molar-refractivity contribution in [2.45, 2.75) is 44.9 Å². The molecule has 3 atom stereocenters. The molecule has 1 aromatic rings. The Morgan fingerprint density at radius 1 is 1.45 bits per heavy atom. The number of carbonyl (C=O) groups is 1. The van der Waals surface area contributed by atoms with E-state index in [0.717, 1.165) is 24.7 Å². The van der Waals surface area contributed by atoms with Gasteiger partial charge in [0, 0.05) is 5.02 Å². The number of ether oxygens (including phenoxy) is 3. The van der Waals surface area contributed by atoms with Gasteiger partial charge in [-0.1, -0.05) is 43.1 Å². The van der Waals surface area contributed by atoms with Gasteiger partial charge in [0.1, 0.15) is 12.2 Å². The summed E-state index contributed by atoms with van der Waals surface area (Å²) in [4.78, 5) is 11.1. The fourth-order valence-corrected chi connectivity index (χ4v) is 2.25. The maximum atomic E-state index is 11.1. The second-order valence-corrected chi connectivity index (χ2v) is 5.14. The first-order valence-corrected chi connectivity index (χ1v) is 7.19. The Morgan fingerprint density at radius 3 is 2.95 bits per heavy atom. The van der Waals surface area contributed by atoms with Crippen LogP contribution in [0.1, 0.15) is 25.3 Å². The molecule has 0 amide bonds. The lowest BCUT2D eigenvalue weighted by Crippen LogP contribution is -2.45. The van der Waals surface area contributed by atoms with Crippen LogP contribution in [0.5, 0.6) is 0 Å². The lowest BCUT2D eigenvalue weighted by molar-refractivity contribution is -0.255. The Labute approximate surface area is 124 Å². The monoisotopic (exact) mass is 298 g/mol. The molecular weight excluding hydrogens is 280 g/mol. The highest BCUT2D eigenvalue weighted by Crippen LogP contribution is 2.21. The summed E-state index contributed by atoms with van der Waals surface area (Å²) in [5.74, 6) is 0. The van der Waals surface area contributed by atoms with Gasteiger partial charge in [-0.05, 0) is 18.1 Å². The molecule has 2 rings (SSSR count). The number of carbonyl (C=O) groups excluding carboxylic acids is 1. The molecule has 0 radical (unpaired) electrons. The van der Waals surface area contributed by atoms with Gasteiger partial charge in [-0.15, -0.1) is 0 Å². The summed E-state index contributed by atoms with van der Waals surface area (Å²) in [7, 11) is 0. The van der Waals surface area contributed by atoms with Crippen LogP contribution >= 0.6 is 11.6 Å². The third-order valence-electron chi connectivity index (χ3n) is 3.19. The molecule has 1 aliphatic rings. The van der Waals surface area contributed by atoms with E-state index < -0.39 is 12.2 Å². The normalized spacial score (nSPS) is 26.4. The van der Waals surface area contributed by atoms with Crippen LogP contribution in [0, 0.1) is 0 Å². The predicted octanol–water partition coefficient (Wildman–Crippen LogP) is 2.97. The average molecular weight is 299 g/mol. The van der Waals surface area contributed by atoms with Crippen molar-refractivity contribution in [3.8, 4) is 0 Å². The van der Waals surface area contributed by atoms with Gasteiger partial charge in [-0.2, -0.15) is 0 Å². The van der Waals surface area contributed by atoms with E-state index in [9.17, 15) is 4.79 Å². The Balaban J connectivity index is 1.89. The first-order chi connectivity index (χ1) is 9.74. The van der Waals surface area contributed by atoms with Crippen molar-refractivity contribution >= 4 is 17.9 Å². The van der Waals surface area contributed by atoms with Gasteiger partial charge < -0.3 is 19.0 Å². The maximum Gasteiger partial charge on any atom is 0.158 e. The van der Waals surface area contributed by atoms with Crippen LogP contribution < -0.4 is 0 Å². The second kappa shape index (κ2) is 7.74. The number of hydrogen-bond acceptors (Lipinski definition) is 4. The summed E-state index contributed by atoms with van der Waals surface area (Å²) in [5.41, 5.74) is 0.884. The van der Waals surface area contributed by atoms with Crippen LogP contribution in [0.2, 0.25) is 5.02 Å². The van der Waals surface area contributed by atoms with Crippen LogP contribution in [-0.2, 0) is 25.6 Å². The molecule has 0 saturated carbocycles. The largest absolute Gasteiger partial charge is 0.368 e. The zero-order chi connectivity index (χ0) is 14.4. The van der Waals surface area contributed by atoms with Crippen molar-refractivity contribution in [1.82, 2.24) is 0 Å². The minimum absolute atomic E-state index is 0.310. The zero-order valence-electron chi connectivity index (χ0n) is 11.5. The Morgan fingerprint density at radius 2 is 2.25 bits per heavy atom. The van der Waals surface area contributed by atoms with Crippen LogP contribution in [0.25, 0.3) is 0 Å². The van der Waals surface area contributed by atoms with E-state index in [1.54, 1.807) is 0 Å².